The highest BCUT2D eigenvalue weighted by atomic mass is 16.5. The monoisotopic (exact) mass is 381 g/mol. The molecule has 0 aliphatic rings. The molecule has 3 aromatic rings. The SMILES string of the molecule is Cc1cc(=O)[nH]c(CCNC(=O)c2cnc(COc3ccccc3)[nH]c2=O)n1. The molecule has 2 heterocycles. The average Bonchev–Trinajstić information content (AvgIpc) is 2.66. The van der Waals surface area contributed by atoms with Crippen molar-refractivity contribution in [3.05, 3.63) is 86.2 Å². The standard InChI is InChI=1S/C19H19N5O4/c1-12-9-17(25)23-15(22-12)7-8-20-18(26)14-10-21-16(24-19(14)27)11-28-13-5-3-2-4-6-13/h2-6,9-10H,7-8,11H2,1H3,(H,20,26)(H,21,24,27)(H,22,23,25). The van der Waals surface area contributed by atoms with E-state index in [0.29, 0.717) is 29.5 Å². The quantitative estimate of drug-likeness (QED) is 0.553. The largest absolute Gasteiger partial charge is 0.486 e. The Bertz CT molecular complexity index is 1080. The van der Waals surface area contributed by atoms with Gasteiger partial charge in [-0.25, -0.2) is 9.97 Å². The summed E-state index contributed by atoms with van der Waals surface area (Å²) in [5, 5.41) is 2.61. The van der Waals surface area contributed by atoms with Crippen molar-refractivity contribution in [1.29, 1.82) is 0 Å². The predicted octanol–water partition coefficient (Wildman–Crippen LogP) is 0.713. The molecule has 0 aliphatic carbocycles. The molecule has 2 aromatic heterocycles. The van der Waals surface area contributed by atoms with Gasteiger partial charge in [-0.2, -0.15) is 0 Å². The molecule has 3 rings (SSSR count). The molecule has 0 spiro atoms. The van der Waals surface area contributed by atoms with Crippen molar-refractivity contribution in [2.75, 3.05) is 6.54 Å². The molecule has 0 saturated carbocycles. The third-order valence-electron chi connectivity index (χ3n) is 3.78. The molecule has 144 valence electrons. The van der Waals surface area contributed by atoms with Gasteiger partial charge in [0, 0.05) is 30.9 Å². The van der Waals surface area contributed by atoms with Crippen LogP contribution < -0.4 is 21.2 Å². The summed E-state index contributed by atoms with van der Waals surface area (Å²) in [6.45, 7) is 2.00. The summed E-state index contributed by atoms with van der Waals surface area (Å²) in [5.74, 6) is 0.867. The highest BCUT2D eigenvalue weighted by Crippen LogP contribution is 2.09. The van der Waals surface area contributed by atoms with Crippen LogP contribution in [0, 0.1) is 6.92 Å². The second-order valence-electron chi connectivity index (χ2n) is 6.01. The first-order valence-electron chi connectivity index (χ1n) is 8.62. The minimum atomic E-state index is -0.556. The highest BCUT2D eigenvalue weighted by Gasteiger charge is 2.12. The number of amides is 1. The number of benzene rings is 1. The molecular formula is C19H19N5O4. The average molecular weight is 381 g/mol. The maximum atomic E-state index is 12.2. The molecule has 1 aromatic carbocycles. The smallest absolute Gasteiger partial charge is 0.263 e. The molecule has 9 nitrogen and oxygen atoms in total. The molecule has 0 unspecified atom stereocenters. The van der Waals surface area contributed by atoms with Crippen molar-refractivity contribution in [3.8, 4) is 5.75 Å². The highest BCUT2D eigenvalue weighted by molar-refractivity contribution is 5.93. The number of rotatable bonds is 7. The zero-order chi connectivity index (χ0) is 19.9. The number of nitrogens with zero attached hydrogens (tertiary/aromatic N) is 2. The van der Waals surface area contributed by atoms with Crippen LogP contribution in [0.5, 0.6) is 5.75 Å². The zero-order valence-electron chi connectivity index (χ0n) is 15.2. The minimum Gasteiger partial charge on any atom is -0.486 e. The number of aromatic nitrogens is 4. The van der Waals surface area contributed by atoms with Crippen molar-refractivity contribution in [1.82, 2.24) is 25.3 Å². The fourth-order valence-corrected chi connectivity index (χ4v) is 2.48. The molecule has 9 heteroatoms. The minimum absolute atomic E-state index is 0.0769. The van der Waals surface area contributed by atoms with Crippen molar-refractivity contribution in [2.24, 2.45) is 0 Å². The van der Waals surface area contributed by atoms with Crippen LogP contribution in [0.2, 0.25) is 0 Å². The van der Waals surface area contributed by atoms with Crippen molar-refractivity contribution < 1.29 is 9.53 Å². The van der Waals surface area contributed by atoms with E-state index in [1.807, 2.05) is 18.2 Å². The third-order valence-corrected chi connectivity index (χ3v) is 3.78. The maximum absolute atomic E-state index is 12.2. The number of aromatic amines is 2. The van der Waals surface area contributed by atoms with E-state index in [1.165, 1.54) is 12.3 Å². The Morgan fingerprint density at radius 1 is 1.14 bits per heavy atom. The van der Waals surface area contributed by atoms with E-state index >= 15 is 0 Å². The Morgan fingerprint density at radius 2 is 1.93 bits per heavy atom. The number of carbonyl (C=O) groups excluding carboxylic acids is 1. The number of para-hydroxylation sites is 1. The second kappa shape index (κ2) is 8.76. The zero-order valence-corrected chi connectivity index (χ0v) is 15.2. The molecular weight excluding hydrogens is 362 g/mol. The van der Waals surface area contributed by atoms with Gasteiger partial charge in [0.2, 0.25) is 0 Å². The topological polar surface area (TPSA) is 130 Å². The lowest BCUT2D eigenvalue weighted by atomic mass is 10.3. The first-order chi connectivity index (χ1) is 13.5. The van der Waals surface area contributed by atoms with E-state index < -0.39 is 11.5 Å². The van der Waals surface area contributed by atoms with Crippen LogP contribution in [-0.4, -0.2) is 32.4 Å². The van der Waals surface area contributed by atoms with E-state index in [-0.39, 0.29) is 24.3 Å². The molecule has 0 atom stereocenters. The lowest BCUT2D eigenvalue weighted by Crippen LogP contribution is -2.32. The first-order valence-corrected chi connectivity index (χ1v) is 8.62. The van der Waals surface area contributed by atoms with Gasteiger partial charge in [-0.3, -0.25) is 14.4 Å². The van der Waals surface area contributed by atoms with Crippen LogP contribution in [0.25, 0.3) is 0 Å². The van der Waals surface area contributed by atoms with Gasteiger partial charge in [0.25, 0.3) is 17.0 Å². The number of nitrogens with one attached hydrogen (secondary N) is 3. The molecule has 1 amide bonds. The number of hydrogen-bond acceptors (Lipinski definition) is 6. The number of ether oxygens (including phenoxy) is 1. The summed E-state index contributed by atoms with van der Waals surface area (Å²) in [6, 6.07) is 10.5. The molecule has 3 N–H and O–H groups in total. The normalized spacial score (nSPS) is 10.5. The summed E-state index contributed by atoms with van der Waals surface area (Å²) in [6.07, 6.45) is 1.54. The number of aryl methyl sites for hydroxylation is 1. The second-order valence-corrected chi connectivity index (χ2v) is 6.01. The van der Waals surface area contributed by atoms with E-state index in [9.17, 15) is 14.4 Å². The van der Waals surface area contributed by atoms with Gasteiger partial charge in [0.1, 0.15) is 29.6 Å². The Kier molecular flexibility index (Phi) is 5.95. The number of carbonyl (C=O) groups is 1. The van der Waals surface area contributed by atoms with Crippen LogP contribution in [0.3, 0.4) is 0 Å². The Balaban J connectivity index is 1.56. The van der Waals surface area contributed by atoms with Gasteiger partial charge in [0.15, 0.2) is 0 Å². The molecule has 0 fully saturated rings. The van der Waals surface area contributed by atoms with Gasteiger partial charge >= 0.3 is 0 Å². The molecule has 0 bridgehead atoms. The van der Waals surface area contributed by atoms with Crippen LogP contribution in [0.4, 0.5) is 0 Å². The van der Waals surface area contributed by atoms with Crippen LogP contribution in [-0.2, 0) is 13.0 Å². The van der Waals surface area contributed by atoms with E-state index in [2.05, 4.69) is 25.3 Å². The summed E-state index contributed by atoms with van der Waals surface area (Å²) in [4.78, 5) is 49.1. The van der Waals surface area contributed by atoms with Crippen molar-refractivity contribution in [2.45, 2.75) is 20.0 Å². The summed E-state index contributed by atoms with van der Waals surface area (Å²) < 4.78 is 5.51. The lowest BCUT2D eigenvalue weighted by molar-refractivity contribution is 0.0952. The van der Waals surface area contributed by atoms with Gasteiger partial charge in [-0.05, 0) is 19.1 Å². The van der Waals surface area contributed by atoms with Gasteiger partial charge in [-0.1, -0.05) is 18.2 Å². The van der Waals surface area contributed by atoms with Crippen LogP contribution in [0.1, 0.15) is 27.7 Å². The Morgan fingerprint density at radius 3 is 2.64 bits per heavy atom. The molecule has 0 aliphatic heterocycles. The maximum Gasteiger partial charge on any atom is 0.263 e. The number of hydrogen-bond donors (Lipinski definition) is 3. The van der Waals surface area contributed by atoms with Crippen molar-refractivity contribution in [3.63, 3.8) is 0 Å². The molecule has 0 saturated heterocycles. The van der Waals surface area contributed by atoms with Crippen LogP contribution >= 0.6 is 0 Å². The summed E-state index contributed by atoms with van der Waals surface area (Å²) >= 11 is 0. The number of H-pyrrole nitrogens is 2. The van der Waals surface area contributed by atoms with E-state index in [0.717, 1.165) is 0 Å². The molecule has 0 radical (unpaired) electrons. The van der Waals surface area contributed by atoms with Gasteiger partial charge < -0.3 is 20.0 Å². The van der Waals surface area contributed by atoms with E-state index in [1.54, 1.807) is 19.1 Å². The Labute approximate surface area is 159 Å². The summed E-state index contributed by atoms with van der Waals surface area (Å²) in [5.41, 5.74) is -0.308. The van der Waals surface area contributed by atoms with Gasteiger partial charge in [0.05, 0.1) is 0 Å². The first kappa shape index (κ1) is 19.0. The van der Waals surface area contributed by atoms with Gasteiger partial charge in [-0.15, -0.1) is 0 Å². The van der Waals surface area contributed by atoms with Crippen molar-refractivity contribution >= 4 is 5.91 Å². The van der Waals surface area contributed by atoms with Crippen LogP contribution in [0.15, 0.2) is 52.2 Å². The summed E-state index contributed by atoms with van der Waals surface area (Å²) in [7, 11) is 0. The predicted molar refractivity (Wildman–Crippen MR) is 101 cm³/mol. The molecule has 28 heavy (non-hydrogen) atoms. The van der Waals surface area contributed by atoms with E-state index in [4.69, 9.17) is 4.74 Å². The fourth-order valence-electron chi connectivity index (χ4n) is 2.48. The fraction of sp³-hybridized carbons (Fsp3) is 0.211. The Hall–Kier alpha value is -3.75. The lowest BCUT2D eigenvalue weighted by Gasteiger charge is -2.07. The third kappa shape index (κ3) is 5.13.